The standard InChI is InChI=1S/C22H22F2N4O2S/c1-14-25-26-22(28(14)17-4-3-5-18(10-17)30-2)31-13-21(29)27-11-16(12-27)8-15-6-7-19(23)20(24)9-15/h3-7,9-10,16H,8,11-13H2,1-2H3. The van der Waals surface area contributed by atoms with Crippen molar-refractivity contribution in [2.75, 3.05) is 26.0 Å². The number of hydrogen-bond donors (Lipinski definition) is 0. The second-order valence-electron chi connectivity index (χ2n) is 7.47. The van der Waals surface area contributed by atoms with Gasteiger partial charge in [0.2, 0.25) is 5.91 Å². The highest BCUT2D eigenvalue weighted by molar-refractivity contribution is 7.99. The van der Waals surface area contributed by atoms with Gasteiger partial charge in [-0.25, -0.2) is 8.78 Å². The molecule has 1 amide bonds. The Bertz CT molecular complexity index is 1100. The van der Waals surface area contributed by atoms with Crippen LogP contribution in [0.4, 0.5) is 8.78 Å². The lowest BCUT2D eigenvalue weighted by Crippen LogP contribution is -2.51. The predicted molar refractivity (Wildman–Crippen MR) is 114 cm³/mol. The summed E-state index contributed by atoms with van der Waals surface area (Å²) in [5.41, 5.74) is 1.61. The van der Waals surface area contributed by atoms with Crippen molar-refractivity contribution < 1.29 is 18.3 Å². The number of hydrogen-bond acceptors (Lipinski definition) is 5. The van der Waals surface area contributed by atoms with E-state index >= 15 is 0 Å². The molecule has 9 heteroatoms. The molecule has 1 saturated heterocycles. The van der Waals surface area contributed by atoms with Crippen LogP contribution in [0.25, 0.3) is 5.69 Å². The van der Waals surface area contributed by atoms with Crippen molar-refractivity contribution >= 4 is 17.7 Å². The Morgan fingerprint density at radius 2 is 1.97 bits per heavy atom. The highest BCUT2D eigenvalue weighted by Gasteiger charge is 2.31. The van der Waals surface area contributed by atoms with Gasteiger partial charge < -0.3 is 9.64 Å². The number of nitrogens with zero attached hydrogens (tertiary/aromatic N) is 4. The van der Waals surface area contributed by atoms with Gasteiger partial charge in [-0.1, -0.05) is 23.9 Å². The molecule has 0 aliphatic carbocycles. The van der Waals surface area contributed by atoms with E-state index in [0.717, 1.165) is 28.9 Å². The first-order valence-electron chi connectivity index (χ1n) is 9.85. The van der Waals surface area contributed by atoms with Crippen molar-refractivity contribution in [1.82, 2.24) is 19.7 Å². The third kappa shape index (κ3) is 4.71. The van der Waals surface area contributed by atoms with Crippen LogP contribution in [0.3, 0.4) is 0 Å². The number of halogens is 2. The van der Waals surface area contributed by atoms with E-state index in [0.29, 0.717) is 24.7 Å². The fourth-order valence-electron chi connectivity index (χ4n) is 3.60. The molecule has 0 unspecified atom stereocenters. The number of aromatic nitrogens is 3. The van der Waals surface area contributed by atoms with Crippen LogP contribution in [0.5, 0.6) is 5.75 Å². The fourth-order valence-corrected chi connectivity index (χ4v) is 4.50. The summed E-state index contributed by atoms with van der Waals surface area (Å²) in [5, 5.41) is 8.99. The molecule has 4 rings (SSSR count). The Morgan fingerprint density at radius 3 is 2.71 bits per heavy atom. The molecule has 6 nitrogen and oxygen atoms in total. The summed E-state index contributed by atoms with van der Waals surface area (Å²) in [6.45, 7) is 3.08. The van der Waals surface area contributed by atoms with Crippen LogP contribution in [0, 0.1) is 24.5 Å². The van der Waals surface area contributed by atoms with E-state index in [2.05, 4.69) is 10.2 Å². The molecule has 0 N–H and O–H groups in total. The van der Waals surface area contributed by atoms with Crippen molar-refractivity contribution in [2.45, 2.75) is 18.5 Å². The molecule has 1 aliphatic rings. The number of amides is 1. The quantitative estimate of drug-likeness (QED) is 0.521. The Morgan fingerprint density at radius 1 is 1.16 bits per heavy atom. The number of aryl methyl sites for hydroxylation is 1. The number of ether oxygens (including phenoxy) is 1. The number of carbonyl (C=O) groups excluding carboxylic acids is 1. The summed E-state index contributed by atoms with van der Waals surface area (Å²) in [5.74, 6) is 0.287. The Hall–Kier alpha value is -2.94. The number of rotatable bonds is 7. The molecule has 1 aromatic heterocycles. The second kappa shape index (κ2) is 9.05. The second-order valence-corrected chi connectivity index (χ2v) is 8.42. The summed E-state index contributed by atoms with van der Waals surface area (Å²) < 4.78 is 33.6. The van der Waals surface area contributed by atoms with Gasteiger partial charge in [-0.3, -0.25) is 9.36 Å². The third-order valence-electron chi connectivity index (χ3n) is 5.25. The molecule has 1 aliphatic heterocycles. The van der Waals surface area contributed by atoms with Crippen LogP contribution in [0.2, 0.25) is 0 Å². The lowest BCUT2D eigenvalue weighted by molar-refractivity contribution is -0.134. The maximum Gasteiger partial charge on any atom is 0.233 e. The minimum absolute atomic E-state index is 0.0179. The smallest absolute Gasteiger partial charge is 0.233 e. The average Bonchev–Trinajstić information content (AvgIpc) is 3.11. The molecule has 31 heavy (non-hydrogen) atoms. The van der Waals surface area contributed by atoms with E-state index in [-0.39, 0.29) is 17.6 Å². The first kappa shape index (κ1) is 21.3. The number of benzene rings is 2. The van der Waals surface area contributed by atoms with E-state index < -0.39 is 11.6 Å². The van der Waals surface area contributed by atoms with Crippen molar-refractivity contribution in [3.05, 3.63) is 65.5 Å². The van der Waals surface area contributed by atoms with Gasteiger partial charge in [0.15, 0.2) is 16.8 Å². The molecule has 162 valence electrons. The molecule has 0 saturated carbocycles. The summed E-state index contributed by atoms with van der Waals surface area (Å²) in [6, 6.07) is 11.5. The molecular weight excluding hydrogens is 422 g/mol. The van der Waals surface area contributed by atoms with Gasteiger partial charge in [0.1, 0.15) is 11.6 Å². The summed E-state index contributed by atoms with van der Waals surface area (Å²) >= 11 is 1.34. The Balaban J connectivity index is 1.32. The van der Waals surface area contributed by atoms with Crippen molar-refractivity contribution in [1.29, 1.82) is 0 Å². The largest absolute Gasteiger partial charge is 0.497 e. The summed E-state index contributed by atoms with van der Waals surface area (Å²) in [4.78, 5) is 14.3. The average molecular weight is 445 g/mol. The van der Waals surface area contributed by atoms with Gasteiger partial charge >= 0.3 is 0 Å². The zero-order valence-electron chi connectivity index (χ0n) is 17.2. The first-order chi connectivity index (χ1) is 14.9. The van der Waals surface area contributed by atoms with Gasteiger partial charge in [0, 0.05) is 19.2 Å². The van der Waals surface area contributed by atoms with Crippen LogP contribution >= 0.6 is 11.8 Å². The summed E-state index contributed by atoms with van der Waals surface area (Å²) in [6.07, 6.45) is 0.623. The van der Waals surface area contributed by atoms with Crippen LogP contribution in [0.1, 0.15) is 11.4 Å². The van der Waals surface area contributed by atoms with Crippen molar-refractivity contribution in [2.24, 2.45) is 5.92 Å². The van der Waals surface area contributed by atoms with Crippen LogP contribution in [0.15, 0.2) is 47.6 Å². The molecule has 3 aromatic rings. The number of carbonyl (C=O) groups is 1. The Kier molecular flexibility index (Phi) is 6.22. The minimum atomic E-state index is -0.844. The monoisotopic (exact) mass is 444 g/mol. The zero-order valence-corrected chi connectivity index (χ0v) is 18.0. The minimum Gasteiger partial charge on any atom is -0.497 e. The lowest BCUT2D eigenvalue weighted by Gasteiger charge is -2.39. The fraction of sp³-hybridized carbons (Fsp3) is 0.318. The number of likely N-dealkylation sites (tertiary alicyclic amines) is 1. The predicted octanol–water partition coefficient (Wildman–Crippen LogP) is 3.66. The lowest BCUT2D eigenvalue weighted by atomic mass is 9.92. The molecule has 2 aromatic carbocycles. The van der Waals surface area contributed by atoms with Gasteiger partial charge in [-0.2, -0.15) is 0 Å². The number of thioether (sulfide) groups is 1. The van der Waals surface area contributed by atoms with E-state index in [4.69, 9.17) is 4.74 Å². The third-order valence-corrected chi connectivity index (χ3v) is 6.16. The van der Waals surface area contributed by atoms with Crippen LogP contribution in [-0.2, 0) is 11.2 Å². The molecule has 0 bridgehead atoms. The normalized spacial score (nSPS) is 13.9. The molecule has 0 spiro atoms. The van der Waals surface area contributed by atoms with Gasteiger partial charge in [-0.15, -0.1) is 10.2 Å². The van der Waals surface area contributed by atoms with E-state index in [1.807, 2.05) is 35.8 Å². The van der Waals surface area contributed by atoms with Gasteiger partial charge in [-0.05, 0) is 49.1 Å². The molecule has 0 radical (unpaired) electrons. The maximum absolute atomic E-state index is 13.4. The maximum atomic E-state index is 13.4. The van der Waals surface area contributed by atoms with E-state index in [1.54, 1.807) is 18.1 Å². The molecule has 1 fully saturated rings. The van der Waals surface area contributed by atoms with Gasteiger partial charge in [0.05, 0.1) is 18.6 Å². The number of methoxy groups -OCH3 is 1. The molecule has 0 atom stereocenters. The zero-order chi connectivity index (χ0) is 22.0. The highest BCUT2D eigenvalue weighted by Crippen LogP contribution is 2.26. The van der Waals surface area contributed by atoms with Crippen LogP contribution in [-0.4, -0.2) is 51.5 Å². The topological polar surface area (TPSA) is 60.2 Å². The van der Waals surface area contributed by atoms with E-state index in [9.17, 15) is 13.6 Å². The van der Waals surface area contributed by atoms with Crippen molar-refractivity contribution in [3.8, 4) is 11.4 Å². The SMILES string of the molecule is COc1cccc(-n2c(C)nnc2SCC(=O)N2CC(Cc3ccc(F)c(F)c3)C2)c1. The first-order valence-corrected chi connectivity index (χ1v) is 10.8. The van der Waals surface area contributed by atoms with Crippen molar-refractivity contribution in [3.63, 3.8) is 0 Å². The summed E-state index contributed by atoms with van der Waals surface area (Å²) in [7, 11) is 1.61. The van der Waals surface area contributed by atoms with Crippen LogP contribution < -0.4 is 4.74 Å². The molecule has 2 heterocycles. The van der Waals surface area contributed by atoms with E-state index in [1.165, 1.54) is 17.8 Å². The molecular formula is C22H22F2N4O2S. The van der Waals surface area contributed by atoms with Gasteiger partial charge in [0.25, 0.3) is 0 Å². The highest BCUT2D eigenvalue weighted by atomic mass is 32.2. The Labute approximate surface area is 183 Å².